The maximum atomic E-state index is 6.07. The van der Waals surface area contributed by atoms with Gasteiger partial charge in [0.05, 0.1) is 4.88 Å². The van der Waals surface area contributed by atoms with Crippen LogP contribution in [0.2, 0.25) is 10.3 Å². The molecule has 16 heavy (non-hydrogen) atoms. The number of hydrogen-bond donors (Lipinski definition) is 0. The number of hydrogen-bond acceptors (Lipinski definition) is 3. The lowest BCUT2D eigenvalue weighted by molar-refractivity contribution is 1.05. The Bertz CT molecular complexity index is 499. The molecule has 0 N–H and O–H groups in total. The first kappa shape index (κ1) is 11.8. The van der Waals surface area contributed by atoms with Gasteiger partial charge in [-0.05, 0) is 30.4 Å². The molecule has 84 valence electrons. The Kier molecular flexibility index (Phi) is 3.47. The van der Waals surface area contributed by atoms with Crippen LogP contribution in [0, 0.1) is 6.92 Å². The predicted molar refractivity (Wildman–Crippen MR) is 69.5 cm³/mol. The Labute approximate surface area is 108 Å². The quantitative estimate of drug-likeness (QED) is 0.759. The van der Waals surface area contributed by atoms with E-state index in [0.717, 1.165) is 22.4 Å². The Morgan fingerprint density at radius 1 is 1.25 bits per heavy atom. The van der Waals surface area contributed by atoms with E-state index >= 15 is 0 Å². The molecular formula is C11H10Cl2N2S. The molecule has 0 saturated heterocycles. The summed E-state index contributed by atoms with van der Waals surface area (Å²) < 4.78 is 0. The van der Waals surface area contributed by atoms with E-state index < -0.39 is 0 Å². The van der Waals surface area contributed by atoms with Gasteiger partial charge >= 0.3 is 0 Å². The molecule has 0 saturated carbocycles. The summed E-state index contributed by atoms with van der Waals surface area (Å²) in [6.45, 7) is 4.00. The topological polar surface area (TPSA) is 25.8 Å². The van der Waals surface area contributed by atoms with Crippen LogP contribution in [0.25, 0.3) is 10.7 Å². The summed E-state index contributed by atoms with van der Waals surface area (Å²) >= 11 is 13.7. The molecule has 0 aliphatic heterocycles. The van der Waals surface area contributed by atoms with Gasteiger partial charge < -0.3 is 0 Å². The fourth-order valence-electron chi connectivity index (χ4n) is 1.43. The molecule has 0 spiro atoms. The SMILES string of the molecule is CCc1c(Cl)nc(-c2sccc2C)nc1Cl. The van der Waals surface area contributed by atoms with Gasteiger partial charge in [0.25, 0.3) is 0 Å². The van der Waals surface area contributed by atoms with Crippen LogP contribution >= 0.6 is 34.5 Å². The van der Waals surface area contributed by atoms with Gasteiger partial charge in [-0.3, -0.25) is 0 Å². The van der Waals surface area contributed by atoms with Gasteiger partial charge in [-0.15, -0.1) is 11.3 Å². The molecule has 0 fully saturated rings. The number of aromatic nitrogens is 2. The van der Waals surface area contributed by atoms with Gasteiger partial charge in [0.15, 0.2) is 5.82 Å². The Morgan fingerprint density at radius 3 is 2.31 bits per heavy atom. The van der Waals surface area contributed by atoms with Crippen molar-refractivity contribution in [1.82, 2.24) is 9.97 Å². The van der Waals surface area contributed by atoms with Crippen molar-refractivity contribution in [2.45, 2.75) is 20.3 Å². The fourth-order valence-corrected chi connectivity index (χ4v) is 2.94. The first-order chi connectivity index (χ1) is 7.63. The Morgan fingerprint density at radius 2 is 1.88 bits per heavy atom. The number of nitrogens with zero attached hydrogens (tertiary/aromatic N) is 2. The molecule has 0 aromatic carbocycles. The van der Waals surface area contributed by atoms with Gasteiger partial charge in [-0.1, -0.05) is 30.1 Å². The molecular weight excluding hydrogens is 263 g/mol. The smallest absolute Gasteiger partial charge is 0.172 e. The highest BCUT2D eigenvalue weighted by molar-refractivity contribution is 7.13. The summed E-state index contributed by atoms with van der Waals surface area (Å²) in [4.78, 5) is 9.60. The third-order valence-corrected chi connectivity index (χ3v) is 3.96. The van der Waals surface area contributed by atoms with Gasteiger partial charge in [-0.25, -0.2) is 9.97 Å². The van der Waals surface area contributed by atoms with Crippen LogP contribution in [0.1, 0.15) is 18.1 Å². The van der Waals surface area contributed by atoms with Crippen LogP contribution in [-0.2, 0) is 6.42 Å². The molecule has 0 aliphatic carbocycles. The van der Waals surface area contributed by atoms with Crippen molar-refractivity contribution in [2.75, 3.05) is 0 Å². The van der Waals surface area contributed by atoms with Crippen molar-refractivity contribution >= 4 is 34.5 Å². The van der Waals surface area contributed by atoms with Crippen LogP contribution in [-0.4, -0.2) is 9.97 Å². The number of thiophene rings is 1. The van der Waals surface area contributed by atoms with E-state index in [1.165, 1.54) is 0 Å². The van der Waals surface area contributed by atoms with Crippen LogP contribution in [0.15, 0.2) is 11.4 Å². The molecule has 2 rings (SSSR count). The minimum Gasteiger partial charge on any atom is -0.215 e. The van der Waals surface area contributed by atoms with Crippen molar-refractivity contribution in [3.63, 3.8) is 0 Å². The zero-order chi connectivity index (χ0) is 11.7. The second-order valence-electron chi connectivity index (χ2n) is 3.39. The first-order valence-electron chi connectivity index (χ1n) is 4.89. The zero-order valence-corrected chi connectivity index (χ0v) is 11.2. The first-order valence-corrected chi connectivity index (χ1v) is 6.53. The van der Waals surface area contributed by atoms with Crippen LogP contribution < -0.4 is 0 Å². The largest absolute Gasteiger partial charge is 0.215 e. The number of rotatable bonds is 2. The van der Waals surface area contributed by atoms with Crippen LogP contribution in [0.5, 0.6) is 0 Å². The summed E-state index contributed by atoms with van der Waals surface area (Å²) in [6, 6.07) is 2.03. The maximum Gasteiger partial charge on any atom is 0.172 e. The highest BCUT2D eigenvalue weighted by Gasteiger charge is 2.13. The standard InChI is InChI=1S/C11H10Cl2N2S/c1-3-7-9(12)14-11(15-10(7)13)8-6(2)4-5-16-8/h4-5H,3H2,1-2H3. The van der Waals surface area contributed by atoms with Crippen molar-refractivity contribution in [3.05, 3.63) is 32.9 Å². The summed E-state index contributed by atoms with van der Waals surface area (Å²) in [5, 5.41) is 2.90. The van der Waals surface area contributed by atoms with Crippen LogP contribution in [0.3, 0.4) is 0 Å². The van der Waals surface area contributed by atoms with Crippen molar-refractivity contribution in [3.8, 4) is 10.7 Å². The molecule has 0 atom stereocenters. The van der Waals surface area contributed by atoms with E-state index in [4.69, 9.17) is 23.2 Å². The third kappa shape index (κ3) is 2.08. The number of aryl methyl sites for hydroxylation is 1. The lowest BCUT2D eigenvalue weighted by atomic mass is 10.2. The van der Waals surface area contributed by atoms with E-state index in [-0.39, 0.29) is 0 Å². The average molecular weight is 273 g/mol. The molecule has 2 aromatic heterocycles. The van der Waals surface area contributed by atoms with Gasteiger partial charge in [0, 0.05) is 5.56 Å². The van der Waals surface area contributed by atoms with Crippen molar-refractivity contribution in [1.29, 1.82) is 0 Å². The summed E-state index contributed by atoms with van der Waals surface area (Å²) in [6.07, 6.45) is 0.737. The van der Waals surface area contributed by atoms with Crippen molar-refractivity contribution in [2.24, 2.45) is 0 Å². The van der Waals surface area contributed by atoms with Gasteiger partial charge in [0.1, 0.15) is 10.3 Å². The van der Waals surface area contributed by atoms with Gasteiger partial charge in [0.2, 0.25) is 0 Å². The van der Waals surface area contributed by atoms with E-state index in [1.807, 2.05) is 25.3 Å². The summed E-state index contributed by atoms with van der Waals surface area (Å²) in [5.41, 5.74) is 1.95. The molecule has 2 aromatic rings. The summed E-state index contributed by atoms with van der Waals surface area (Å²) in [5.74, 6) is 0.611. The molecule has 2 heterocycles. The predicted octanol–water partition coefficient (Wildman–Crippen LogP) is 4.38. The van der Waals surface area contributed by atoms with E-state index in [0.29, 0.717) is 16.1 Å². The molecule has 0 aliphatic rings. The average Bonchev–Trinajstić information content (AvgIpc) is 2.64. The molecule has 5 heteroatoms. The second-order valence-corrected chi connectivity index (χ2v) is 5.03. The summed E-state index contributed by atoms with van der Waals surface area (Å²) in [7, 11) is 0. The van der Waals surface area contributed by atoms with Gasteiger partial charge in [-0.2, -0.15) is 0 Å². The maximum absolute atomic E-state index is 6.07. The molecule has 0 radical (unpaired) electrons. The lowest BCUT2D eigenvalue weighted by Gasteiger charge is -2.05. The van der Waals surface area contributed by atoms with E-state index in [2.05, 4.69) is 9.97 Å². The molecule has 0 unspecified atom stereocenters. The molecule has 0 amide bonds. The monoisotopic (exact) mass is 272 g/mol. The molecule has 2 nitrogen and oxygen atoms in total. The van der Waals surface area contributed by atoms with E-state index in [9.17, 15) is 0 Å². The molecule has 0 bridgehead atoms. The lowest BCUT2D eigenvalue weighted by Crippen LogP contribution is -1.96. The normalized spacial score (nSPS) is 10.8. The zero-order valence-electron chi connectivity index (χ0n) is 8.92. The van der Waals surface area contributed by atoms with Crippen molar-refractivity contribution < 1.29 is 0 Å². The second kappa shape index (κ2) is 4.70. The fraction of sp³-hybridized carbons (Fsp3) is 0.273. The highest BCUT2D eigenvalue weighted by Crippen LogP contribution is 2.30. The number of halogens is 2. The minimum absolute atomic E-state index is 0.449. The minimum atomic E-state index is 0.449. The Hall–Kier alpha value is -0.640. The Balaban J connectivity index is 2.57. The highest BCUT2D eigenvalue weighted by atomic mass is 35.5. The van der Waals surface area contributed by atoms with Crippen LogP contribution in [0.4, 0.5) is 0 Å². The van der Waals surface area contributed by atoms with E-state index in [1.54, 1.807) is 11.3 Å². The third-order valence-electron chi connectivity index (χ3n) is 2.32.